The van der Waals surface area contributed by atoms with Crippen molar-refractivity contribution < 1.29 is 18.3 Å². The summed E-state index contributed by atoms with van der Waals surface area (Å²) < 4.78 is 30.7. The minimum absolute atomic E-state index is 0.221. The monoisotopic (exact) mass is 300 g/mol. The molecule has 1 aromatic rings. The van der Waals surface area contributed by atoms with Crippen LogP contribution in [-0.4, -0.2) is 38.5 Å². The van der Waals surface area contributed by atoms with Gasteiger partial charge in [0.05, 0.1) is 24.6 Å². The lowest BCUT2D eigenvalue weighted by atomic mass is 10.0. The molecule has 1 aromatic carbocycles. The second-order valence-electron chi connectivity index (χ2n) is 5.25. The topological polar surface area (TPSA) is 92.9 Å². The van der Waals surface area contributed by atoms with Crippen LogP contribution in [0.25, 0.3) is 0 Å². The number of rotatable bonds is 3. The van der Waals surface area contributed by atoms with Gasteiger partial charge in [-0.05, 0) is 31.5 Å². The lowest BCUT2D eigenvalue weighted by Gasteiger charge is -2.33. The zero-order valence-corrected chi connectivity index (χ0v) is 12.6. The molecule has 0 bridgehead atoms. The van der Waals surface area contributed by atoms with Gasteiger partial charge < -0.3 is 15.6 Å². The van der Waals surface area contributed by atoms with E-state index in [9.17, 15) is 13.5 Å². The number of sulfonamides is 1. The van der Waals surface area contributed by atoms with E-state index in [2.05, 4.69) is 0 Å². The SMILES string of the molecule is CC1CN(S(C)(=O)=O)c2cc(C(O)C(C)N)ccc2O1. The van der Waals surface area contributed by atoms with Gasteiger partial charge in [-0.1, -0.05) is 6.07 Å². The van der Waals surface area contributed by atoms with E-state index in [1.807, 2.05) is 6.92 Å². The molecule has 0 amide bonds. The minimum atomic E-state index is -3.39. The van der Waals surface area contributed by atoms with Crippen molar-refractivity contribution in [2.75, 3.05) is 17.1 Å². The molecule has 7 heteroatoms. The molecule has 0 spiro atoms. The molecule has 112 valence electrons. The second-order valence-corrected chi connectivity index (χ2v) is 7.16. The Morgan fingerprint density at radius 1 is 1.50 bits per heavy atom. The molecule has 0 radical (unpaired) electrons. The largest absolute Gasteiger partial charge is 0.487 e. The van der Waals surface area contributed by atoms with Gasteiger partial charge in [0.15, 0.2) is 0 Å². The Labute approximate surface area is 119 Å². The fourth-order valence-electron chi connectivity index (χ4n) is 2.22. The van der Waals surface area contributed by atoms with Gasteiger partial charge in [0.25, 0.3) is 0 Å². The normalized spacial score (nSPS) is 21.9. The second kappa shape index (κ2) is 5.23. The van der Waals surface area contributed by atoms with Crippen molar-refractivity contribution in [1.29, 1.82) is 0 Å². The van der Waals surface area contributed by atoms with Crippen LogP contribution < -0.4 is 14.8 Å². The number of ether oxygens (including phenoxy) is 1. The van der Waals surface area contributed by atoms with Crippen LogP contribution >= 0.6 is 0 Å². The van der Waals surface area contributed by atoms with E-state index >= 15 is 0 Å². The van der Waals surface area contributed by atoms with Crippen LogP contribution in [0.2, 0.25) is 0 Å². The number of hydrogen-bond acceptors (Lipinski definition) is 5. The molecule has 1 aliphatic rings. The lowest BCUT2D eigenvalue weighted by Crippen LogP contribution is -2.41. The quantitative estimate of drug-likeness (QED) is 0.853. The van der Waals surface area contributed by atoms with Gasteiger partial charge in [-0.15, -0.1) is 0 Å². The number of aliphatic hydroxyl groups is 1. The zero-order chi connectivity index (χ0) is 15.1. The summed E-state index contributed by atoms with van der Waals surface area (Å²) in [6.07, 6.45) is 0.0891. The van der Waals surface area contributed by atoms with Crippen molar-refractivity contribution in [2.24, 2.45) is 5.73 Å². The van der Waals surface area contributed by atoms with Gasteiger partial charge in [0.2, 0.25) is 10.0 Å². The Hall–Kier alpha value is -1.31. The first kappa shape index (κ1) is 15.1. The molecule has 3 atom stereocenters. The number of benzene rings is 1. The van der Waals surface area contributed by atoms with Crippen LogP contribution in [0.4, 0.5) is 5.69 Å². The molecule has 0 saturated heterocycles. The standard InChI is InChI=1S/C13H20N2O4S/c1-8-7-15(20(3,17)18)11-6-10(13(16)9(2)14)4-5-12(11)19-8/h4-6,8-9,13,16H,7,14H2,1-3H3. The van der Waals surface area contributed by atoms with Crippen molar-refractivity contribution in [3.63, 3.8) is 0 Å². The molecule has 6 nitrogen and oxygen atoms in total. The Morgan fingerprint density at radius 2 is 2.15 bits per heavy atom. The maximum absolute atomic E-state index is 11.9. The van der Waals surface area contributed by atoms with Crippen LogP contribution in [0.3, 0.4) is 0 Å². The molecule has 3 unspecified atom stereocenters. The highest BCUT2D eigenvalue weighted by atomic mass is 32.2. The summed E-state index contributed by atoms with van der Waals surface area (Å²) in [7, 11) is -3.39. The van der Waals surface area contributed by atoms with Crippen molar-refractivity contribution in [3.05, 3.63) is 23.8 Å². The molecule has 0 fully saturated rings. The summed E-state index contributed by atoms with van der Waals surface area (Å²) >= 11 is 0. The predicted octanol–water partition coefficient (Wildman–Crippen LogP) is 0.614. The molecule has 1 aliphatic heterocycles. The van der Waals surface area contributed by atoms with E-state index in [1.165, 1.54) is 4.31 Å². The summed E-state index contributed by atoms with van der Waals surface area (Å²) in [6.45, 7) is 3.76. The summed E-state index contributed by atoms with van der Waals surface area (Å²) in [6, 6.07) is 4.55. The number of fused-ring (bicyclic) bond motifs is 1. The molecule has 0 saturated carbocycles. The summed E-state index contributed by atoms with van der Waals surface area (Å²) in [5.41, 5.74) is 6.70. The number of hydrogen-bond donors (Lipinski definition) is 2. The minimum Gasteiger partial charge on any atom is -0.487 e. The third kappa shape index (κ3) is 2.89. The van der Waals surface area contributed by atoms with Crippen LogP contribution in [0.1, 0.15) is 25.5 Å². The Morgan fingerprint density at radius 3 is 2.70 bits per heavy atom. The van der Waals surface area contributed by atoms with Gasteiger partial charge in [0, 0.05) is 6.04 Å². The molecule has 0 aliphatic carbocycles. The fourth-order valence-corrected chi connectivity index (χ4v) is 3.20. The molecule has 1 heterocycles. The predicted molar refractivity (Wildman–Crippen MR) is 77.3 cm³/mol. The van der Waals surface area contributed by atoms with Crippen LogP contribution in [0.5, 0.6) is 5.75 Å². The highest BCUT2D eigenvalue weighted by molar-refractivity contribution is 7.92. The van der Waals surface area contributed by atoms with Crippen LogP contribution in [-0.2, 0) is 10.0 Å². The van der Waals surface area contributed by atoms with Gasteiger partial charge in [-0.2, -0.15) is 0 Å². The molecule has 20 heavy (non-hydrogen) atoms. The lowest BCUT2D eigenvalue weighted by molar-refractivity contribution is 0.153. The first-order valence-corrected chi connectivity index (χ1v) is 8.27. The molecular formula is C13H20N2O4S. The molecule has 2 rings (SSSR count). The van der Waals surface area contributed by atoms with Gasteiger partial charge >= 0.3 is 0 Å². The fraction of sp³-hybridized carbons (Fsp3) is 0.538. The Bertz CT molecular complexity index is 600. The molecule has 3 N–H and O–H groups in total. The van der Waals surface area contributed by atoms with Crippen molar-refractivity contribution >= 4 is 15.7 Å². The summed E-state index contributed by atoms with van der Waals surface area (Å²) in [5.74, 6) is 0.495. The highest BCUT2D eigenvalue weighted by Crippen LogP contribution is 2.37. The smallest absolute Gasteiger partial charge is 0.232 e. The summed E-state index contributed by atoms with van der Waals surface area (Å²) in [4.78, 5) is 0. The van der Waals surface area contributed by atoms with Crippen molar-refractivity contribution in [2.45, 2.75) is 32.1 Å². The first-order valence-electron chi connectivity index (χ1n) is 6.42. The van der Waals surface area contributed by atoms with E-state index in [0.717, 1.165) is 6.26 Å². The number of nitrogens with zero attached hydrogens (tertiary/aromatic N) is 1. The zero-order valence-electron chi connectivity index (χ0n) is 11.8. The van der Waals surface area contributed by atoms with E-state index in [1.54, 1.807) is 25.1 Å². The Kier molecular flexibility index (Phi) is 3.95. The molecular weight excluding hydrogens is 280 g/mol. The maximum Gasteiger partial charge on any atom is 0.232 e. The number of anilines is 1. The van der Waals surface area contributed by atoms with Gasteiger partial charge in [0.1, 0.15) is 11.9 Å². The van der Waals surface area contributed by atoms with Crippen LogP contribution in [0.15, 0.2) is 18.2 Å². The Balaban J connectivity index is 2.50. The third-order valence-corrected chi connectivity index (χ3v) is 4.39. The van der Waals surface area contributed by atoms with E-state index in [-0.39, 0.29) is 12.6 Å². The van der Waals surface area contributed by atoms with Crippen molar-refractivity contribution in [1.82, 2.24) is 0 Å². The van der Waals surface area contributed by atoms with Crippen molar-refractivity contribution in [3.8, 4) is 5.75 Å². The maximum atomic E-state index is 11.9. The third-order valence-electron chi connectivity index (χ3n) is 3.24. The van der Waals surface area contributed by atoms with E-state index < -0.39 is 22.2 Å². The van der Waals surface area contributed by atoms with Gasteiger partial charge in [-0.3, -0.25) is 4.31 Å². The highest BCUT2D eigenvalue weighted by Gasteiger charge is 2.30. The average molecular weight is 300 g/mol. The average Bonchev–Trinajstić information content (AvgIpc) is 2.35. The number of aliphatic hydroxyl groups excluding tert-OH is 1. The first-order chi connectivity index (χ1) is 9.20. The number of nitrogens with two attached hydrogens (primary N) is 1. The van der Waals surface area contributed by atoms with E-state index in [0.29, 0.717) is 17.0 Å². The molecule has 0 aromatic heterocycles. The van der Waals surface area contributed by atoms with Gasteiger partial charge in [-0.25, -0.2) is 8.42 Å². The van der Waals surface area contributed by atoms with E-state index in [4.69, 9.17) is 10.5 Å². The summed E-state index contributed by atoms with van der Waals surface area (Å²) in [5, 5.41) is 10.0. The van der Waals surface area contributed by atoms with Crippen LogP contribution in [0, 0.1) is 0 Å².